The lowest BCUT2D eigenvalue weighted by Gasteiger charge is -2.25. The van der Waals surface area contributed by atoms with Gasteiger partial charge in [-0.05, 0) is 39.0 Å². The van der Waals surface area contributed by atoms with Crippen molar-refractivity contribution >= 4 is 29.0 Å². The van der Waals surface area contributed by atoms with Crippen molar-refractivity contribution in [2.24, 2.45) is 5.73 Å². The Labute approximate surface area is 155 Å². The van der Waals surface area contributed by atoms with Crippen LogP contribution in [-0.2, 0) is 0 Å². The second kappa shape index (κ2) is 8.72. The average Bonchev–Trinajstić information content (AvgIpc) is 3.24. The van der Waals surface area contributed by atoms with E-state index in [0.717, 1.165) is 47.2 Å². The van der Waals surface area contributed by atoms with Gasteiger partial charge in [0.2, 0.25) is 0 Å². The van der Waals surface area contributed by atoms with Gasteiger partial charge in [0.15, 0.2) is 10.0 Å². The molecule has 0 aromatic carbocycles. The molecule has 0 saturated heterocycles. The quantitative estimate of drug-likeness (QED) is 0.555. The third-order valence-corrected chi connectivity index (χ3v) is 6.26. The van der Waals surface area contributed by atoms with Crippen LogP contribution in [0.1, 0.15) is 53.6 Å². The van der Waals surface area contributed by atoms with Crippen LogP contribution in [0.3, 0.4) is 0 Å². The molecule has 0 unspecified atom stereocenters. The first-order valence-electron chi connectivity index (χ1n) is 8.50. The molecule has 1 amide bonds. The summed E-state index contributed by atoms with van der Waals surface area (Å²) in [6.07, 6.45) is 6.59. The minimum atomic E-state index is -0.171. The number of hydrogen-bond donors (Lipinski definition) is 2. The number of rotatable bonds is 7. The van der Waals surface area contributed by atoms with Crippen molar-refractivity contribution < 1.29 is 4.79 Å². The zero-order chi connectivity index (χ0) is 17.6. The molecule has 2 heterocycles. The Hall–Kier alpha value is -1.52. The second-order valence-electron chi connectivity index (χ2n) is 6.20. The van der Waals surface area contributed by atoms with Gasteiger partial charge >= 0.3 is 0 Å². The molecule has 2 aromatic heterocycles. The van der Waals surface area contributed by atoms with E-state index in [1.165, 1.54) is 0 Å². The summed E-state index contributed by atoms with van der Waals surface area (Å²) >= 11 is 3.25. The molecule has 0 atom stereocenters. The van der Waals surface area contributed by atoms with Crippen LogP contribution in [0.5, 0.6) is 0 Å². The molecular formula is C15H23N7OS2. The van der Waals surface area contributed by atoms with Gasteiger partial charge in [-0.3, -0.25) is 4.79 Å². The minimum Gasteiger partial charge on any atom is -0.351 e. The Bertz CT molecular complexity index is 694. The van der Waals surface area contributed by atoms with E-state index in [0.29, 0.717) is 24.3 Å². The van der Waals surface area contributed by atoms with E-state index in [9.17, 15) is 4.79 Å². The van der Waals surface area contributed by atoms with Crippen molar-refractivity contribution in [3.63, 3.8) is 0 Å². The fourth-order valence-corrected chi connectivity index (χ4v) is 4.61. The number of aryl methyl sites for hydroxylation is 1. The zero-order valence-electron chi connectivity index (χ0n) is 14.2. The van der Waals surface area contributed by atoms with Crippen molar-refractivity contribution in [3.05, 3.63) is 16.9 Å². The lowest BCUT2D eigenvalue weighted by molar-refractivity contribution is 0.0948. The van der Waals surface area contributed by atoms with E-state index in [-0.39, 0.29) is 5.91 Å². The highest BCUT2D eigenvalue weighted by Crippen LogP contribution is 2.26. The van der Waals surface area contributed by atoms with Crippen molar-refractivity contribution in [1.82, 2.24) is 30.5 Å². The van der Waals surface area contributed by atoms with Crippen LogP contribution < -0.4 is 11.1 Å². The molecule has 136 valence electrons. The number of thioether (sulfide) groups is 1. The zero-order valence-corrected chi connectivity index (χ0v) is 15.9. The Morgan fingerprint density at radius 3 is 2.88 bits per heavy atom. The van der Waals surface area contributed by atoms with E-state index in [4.69, 9.17) is 5.73 Å². The van der Waals surface area contributed by atoms with Crippen LogP contribution in [0.4, 0.5) is 0 Å². The maximum Gasteiger partial charge on any atom is 0.273 e. The maximum atomic E-state index is 12.2. The number of aromatic nitrogens is 5. The predicted octanol–water partition coefficient (Wildman–Crippen LogP) is 1.79. The Kier molecular flexibility index (Phi) is 6.38. The Balaban J connectivity index is 1.38. The summed E-state index contributed by atoms with van der Waals surface area (Å²) < 4.78 is 2.79. The normalized spacial score (nSPS) is 20.6. The van der Waals surface area contributed by atoms with E-state index in [2.05, 4.69) is 25.8 Å². The van der Waals surface area contributed by atoms with E-state index >= 15 is 0 Å². The highest BCUT2D eigenvalue weighted by Gasteiger charge is 2.22. The van der Waals surface area contributed by atoms with Gasteiger partial charge in [-0.15, -0.1) is 15.3 Å². The summed E-state index contributed by atoms with van der Waals surface area (Å²) in [5.74, 6) is 0.722. The number of hydrogen-bond acceptors (Lipinski definition) is 8. The van der Waals surface area contributed by atoms with Gasteiger partial charge in [0.1, 0.15) is 5.01 Å². The van der Waals surface area contributed by atoms with E-state index in [1.807, 2.05) is 11.6 Å². The molecule has 1 fully saturated rings. The first kappa shape index (κ1) is 18.3. The highest BCUT2D eigenvalue weighted by molar-refractivity contribution is 8.01. The van der Waals surface area contributed by atoms with Gasteiger partial charge in [-0.2, -0.15) is 0 Å². The predicted molar refractivity (Wildman–Crippen MR) is 97.8 cm³/mol. The van der Waals surface area contributed by atoms with Gasteiger partial charge in [0.05, 0.1) is 12.2 Å². The molecule has 2 aromatic rings. The molecule has 0 bridgehead atoms. The van der Waals surface area contributed by atoms with Gasteiger partial charge < -0.3 is 11.1 Å². The number of amides is 1. The summed E-state index contributed by atoms with van der Waals surface area (Å²) in [4.78, 5) is 12.2. The summed E-state index contributed by atoms with van der Waals surface area (Å²) in [5, 5.41) is 20.0. The molecule has 0 spiro atoms. The molecule has 1 aliphatic carbocycles. The van der Waals surface area contributed by atoms with Crippen LogP contribution >= 0.6 is 23.1 Å². The number of carbonyl (C=O) groups is 1. The van der Waals surface area contributed by atoms with Gasteiger partial charge in [-0.1, -0.05) is 28.3 Å². The molecule has 3 rings (SSSR count). The molecular weight excluding hydrogens is 358 g/mol. The first-order chi connectivity index (χ1) is 12.1. The summed E-state index contributed by atoms with van der Waals surface area (Å²) in [7, 11) is 0. The molecule has 1 saturated carbocycles. The summed E-state index contributed by atoms with van der Waals surface area (Å²) in [6, 6.07) is 0.602. The number of nitrogens with two attached hydrogens (primary N) is 1. The molecule has 10 heteroatoms. The van der Waals surface area contributed by atoms with Gasteiger partial charge in [0, 0.05) is 18.3 Å². The topological polar surface area (TPSA) is 112 Å². The number of nitrogens with zero attached hydrogens (tertiary/aromatic N) is 5. The van der Waals surface area contributed by atoms with Gasteiger partial charge in [-0.25, -0.2) is 4.68 Å². The maximum absolute atomic E-state index is 12.2. The SMILES string of the molecule is Cc1nnc(SCCCNC(=O)c2cn(C3CCC(N)CC3)nn2)s1. The number of nitrogens with one attached hydrogen (secondary N) is 1. The smallest absolute Gasteiger partial charge is 0.273 e. The standard InChI is InChI=1S/C15H23N7OS2/c1-10-18-20-15(25-10)24-8-2-7-17-14(23)13-9-22(21-19-13)12-5-3-11(16)4-6-12/h9,11-12H,2-8,16H2,1H3,(H,17,23). The van der Waals surface area contributed by atoms with Crippen LogP contribution in [0, 0.1) is 6.92 Å². The fourth-order valence-electron chi connectivity index (χ4n) is 2.79. The average molecular weight is 382 g/mol. The van der Waals surface area contributed by atoms with Crippen LogP contribution in [-0.4, -0.2) is 49.4 Å². The molecule has 8 nitrogen and oxygen atoms in total. The summed E-state index contributed by atoms with van der Waals surface area (Å²) in [6.45, 7) is 2.55. The summed E-state index contributed by atoms with van der Waals surface area (Å²) in [5.41, 5.74) is 6.31. The van der Waals surface area contributed by atoms with Crippen molar-refractivity contribution in [1.29, 1.82) is 0 Å². The van der Waals surface area contributed by atoms with Crippen LogP contribution in [0.2, 0.25) is 0 Å². The Morgan fingerprint density at radius 2 is 2.16 bits per heavy atom. The molecule has 3 N–H and O–H groups in total. The molecule has 1 aliphatic rings. The third kappa shape index (κ3) is 5.23. The monoisotopic (exact) mass is 381 g/mol. The van der Waals surface area contributed by atoms with Crippen molar-refractivity contribution in [2.45, 2.75) is 55.5 Å². The van der Waals surface area contributed by atoms with Crippen molar-refractivity contribution in [3.8, 4) is 0 Å². The van der Waals surface area contributed by atoms with Crippen LogP contribution in [0.15, 0.2) is 10.5 Å². The van der Waals surface area contributed by atoms with E-state index < -0.39 is 0 Å². The molecule has 25 heavy (non-hydrogen) atoms. The fraction of sp³-hybridized carbons (Fsp3) is 0.667. The van der Waals surface area contributed by atoms with Crippen molar-refractivity contribution in [2.75, 3.05) is 12.3 Å². The van der Waals surface area contributed by atoms with Crippen LogP contribution in [0.25, 0.3) is 0 Å². The Morgan fingerprint density at radius 1 is 1.36 bits per heavy atom. The van der Waals surface area contributed by atoms with Gasteiger partial charge in [0.25, 0.3) is 5.91 Å². The molecule has 0 radical (unpaired) electrons. The largest absolute Gasteiger partial charge is 0.351 e. The third-order valence-electron chi connectivity index (χ3n) is 4.20. The lowest BCUT2D eigenvalue weighted by atomic mass is 9.92. The molecule has 0 aliphatic heterocycles. The highest BCUT2D eigenvalue weighted by atomic mass is 32.2. The van der Waals surface area contributed by atoms with E-state index in [1.54, 1.807) is 29.3 Å². The second-order valence-corrected chi connectivity index (χ2v) is 8.72. The minimum absolute atomic E-state index is 0.171. The lowest BCUT2D eigenvalue weighted by Crippen LogP contribution is -2.28. The first-order valence-corrected chi connectivity index (χ1v) is 10.3. The number of carbonyl (C=O) groups excluding carboxylic acids is 1.